The van der Waals surface area contributed by atoms with Gasteiger partial charge in [-0.25, -0.2) is 9.82 Å². The van der Waals surface area contributed by atoms with Crippen LogP contribution in [0.2, 0.25) is 0 Å². The van der Waals surface area contributed by atoms with Crippen LogP contribution in [0.15, 0.2) is 29.3 Å². The normalized spacial score (nSPS) is 29.8. The molecule has 3 saturated heterocycles. The minimum absolute atomic E-state index is 0.0391. The van der Waals surface area contributed by atoms with Crippen molar-refractivity contribution in [1.82, 2.24) is 21.5 Å². The minimum atomic E-state index is -0.246. The third-order valence-corrected chi connectivity index (χ3v) is 5.30. The highest BCUT2D eigenvalue weighted by Crippen LogP contribution is 2.35. The maximum Gasteiger partial charge on any atom is 0.234 e. The summed E-state index contributed by atoms with van der Waals surface area (Å²) < 4.78 is 18.8. The number of amides is 1. The first-order chi connectivity index (χ1) is 12.2. The van der Waals surface area contributed by atoms with Gasteiger partial charge in [-0.15, -0.1) is 0 Å². The van der Waals surface area contributed by atoms with E-state index in [0.717, 1.165) is 18.4 Å². The van der Waals surface area contributed by atoms with Gasteiger partial charge in [0.1, 0.15) is 12.0 Å². The van der Waals surface area contributed by atoms with Crippen molar-refractivity contribution in [2.75, 3.05) is 26.3 Å². The number of guanidine groups is 1. The highest BCUT2D eigenvalue weighted by Gasteiger charge is 2.39. The Kier molecular flexibility index (Phi) is 4.41. The van der Waals surface area contributed by atoms with Gasteiger partial charge in [0.2, 0.25) is 5.91 Å². The summed E-state index contributed by atoms with van der Waals surface area (Å²) in [6.07, 6.45) is 1.48. The number of carbonyl (C=O) groups excluding carboxylic acids is 1. The number of halogens is 1. The summed E-state index contributed by atoms with van der Waals surface area (Å²) in [4.78, 5) is 16.8. The van der Waals surface area contributed by atoms with Crippen molar-refractivity contribution in [2.24, 2.45) is 10.9 Å². The van der Waals surface area contributed by atoms with E-state index in [9.17, 15) is 9.18 Å². The lowest BCUT2D eigenvalue weighted by molar-refractivity contribution is -0.124. The van der Waals surface area contributed by atoms with Crippen molar-refractivity contribution in [2.45, 2.75) is 24.4 Å². The van der Waals surface area contributed by atoms with Crippen molar-refractivity contribution in [3.8, 4) is 0 Å². The average Bonchev–Trinajstić information content (AvgIpc) is 3.11. The van der Waals surface area contributed by atoms with Gasteiger partial charge in [-0.2, -0.15) is 0 Å². The SMILES string of the molecule is O=C1NC(=NCC2(c3ccc(F)cc3)CCOCC2)NC2NNCC12. The third-order valence-electron chi connectivity index (χ3n) is 5.30. The van der Waals surface area contributed by atoms with E-state index >= 15 is 0 Å². The van der Waals surface area contributed by atoms with Crippen molar-refractivity contribution >= 4 is 11.9 Å². The predicted octanol–water partition coefficient (Wildman–Crippen LogP) is -0.000600. The summed E-state index contributed by atoms with van der Waals surface area (Å²) >= 11 is 0. The lowest BCUT2D eigenvalue weighted by Gasteiger charge is -2.37. The van der Waals surface area contributed by atoms with Crippen LogP contribution in [0.5, 0.6) is 0 Å². The Hall–Kier alpha value is -2.03. The number of nitrogens with one attached hydrogen (secondary N) is 4. The Morgan fingerprint density at radius 1 is 1.24 bits per heavy atom. The van der Waals surface area contributed by atoms with Gasteiger partial charge in [0.15, 0.2) is 5.96 Å². The summed E-state index contributed by atoms with van der Waals surface area (Å²) in [5.41, 5.74) is 6.87. The number of ether oxygens (including phenoxy) is 1. The zero-order chi connectivity index (χ0) is 17.3. The van der Waals surface area contributed by atoms with Crippen molar-refractivity contribution < 1.29 is 13.9 Å². The predicted molar refractivity (Wildman–Crippen MR) is 90.1 cm³/mol. The molecule has 3 fully saturated rings. The molecule has 1 aromatic carbocycles. The third kappa shape index (κ3) is 3.24. The molecule has 0 aromatic heterocycles. The first kappa shape index (κ1) is 16.4. The van der Waals surface area contributed by atoms with Crippen molar-refractivity contribution in [3.63, 3.8) is 0 Å². The summed E-state index contributed by atoms with van der Waals surface area (Å²) in [6, 6.07) is 6.62. The van der Waals surface area contributed by atoms with Crippen LogP contribution >= 0.6 is 0 Å². The summed E-state index contributed by atoms with van der Waals surface area (Å²) in [5.74, 6) is 0.0515. The van der Waals surface area contributed by atoms with Crippen LogP contribution in [0, 0.1) is 11.7 Å². The molecule has 1 aromatic rings. The molecule has 0 radical (unpaired) electrons. The fraction of sp³-hybridized carbons (Fsp3) is 0.529. The highest BCUT2D eigenvalue weighted by atomic mass is 19.1. The Morgan fingerprint density at radius 3 is 2.76 bits per heavy atom. The van der Waals surface area contributed by atoms with Gasteiger partial charge in [0.05, 0.1) is 12.5 Å². The Balaban J connectivity index is 1.55. The van der Waals surface area contributed by atoms with E-state index in [1.807, 2.05) is 12.1 Å². The number of hydrogen-bond acceptors (Lipinski definition) is 5. The number of nitrogens with zero attached hydrogens (tertiary/aromatic N) is 1. The molecule has 2 unspecified atom stereocenters. The molecule has 3 aliphatic rings. The Morgan fingerprint density at radius 2 is 2.00 bits per heavy atom. The van der Waals surface area contributed by atoms with Crippen LogP contribution in [-0.4, -0.2) is 44.3 Å². The van der Waals surface area contributed by atoms with Crippen molar-refractivity contribution in [3.05, 3.63) is 35.6 Å². The molecule has 0 bridgehead atoms. The van der Waals surface area contributed by atoms with E-state index in [1.54, 1.807) is 0 Å². The van der Waals surface area contributed by atoms with Gasteiger partial charge < -0.3 is 10.1 Å². The van der Waals surface area contributed by atoms with Crippen LogP contribution in [0.1, 0.15) is 18.4 Å². The lowest BCUT2D eigenvalue weighted by Crippen LogP contribution is -2.61. The lowest BCUT2D eigenvalue weighted by atomic mass is 9.74. The first-order valence-electron chi connectivity index (χ1n) is 8.60. The minimum Gasteiger partial charge on any atom is -0.381 e. The largest absolute Gasteiger partial charge is 0.381 e. The molecule has 7 nitrogen and oxygen atoms in total. The second kappa shape index (κ2) is 6.70. The Labute approximate surface area is 145 Å². The second-order valence-corrected chi connectivity index (χ2v) is 6.81. The molecule has 4 N–H and O–H groups in total. The molecule has 1 amide bonds. The number of hydrazine groups is 1. The topological polar surface area (TPSA) is 86.8 Å². The van der Waals surface area contributed by atoms with Crippen LogP contribution in [0.4, 0.5) is 4.39 Å². The van der Waals surface area contributed by atoms with Crippen LogP contribution in [0.25, 0.3) is 0 Å². The number of benzene rings is 1. The maximum atomic E-state index is 13.3. The van der Waals surface area contributed by atoms with E-state index in [1.165, 1.54) is 12.1 Å². The molecular formula is C17H22FN5O2. The maximum absolute atomic E-state index is 13.3. The van der Waals surface area contributed by atoms with Crippen molar-refractivity contribution in [1.29, 1.82) is 0 Å². The number of rotatable bonds is 3. The zero-order valence-electron chi connectivity index (χ0n) is 13.8. The van der Waals surface area contributed by atoms with E-state index in [-0.39, 0.29) is 29.2 Å². The molecule has 0 aliphatic carbocycles. The van der Waals surface area contributed by atoms with Gasteiger partial charge in [-0.05, 0) is 30.5 Å². The van der Waals surface area contributed by atoms with Crippen LogP contribution in [-0.2, 0) is 14.9 Å². The van der Waals surface area contributed by atoms with E-state index in [4.69, 9.17) is 4.74 Å². The van der Waals surface area contributed by atoms with Gasteiger partial charge in [-0.3, -0.25) is 20.5 Å². The standard InChI is InChI=1S/C17H22FN5O2/c18-12-3-1-11(2-4-12)17(5-7-25-8-6-17)10-19-16-21-14-13(9-20-23-14)15(24)22-16/h1-4,13-14,20,23H,5-10H2,(H2,19,21,22,24). The molecule has 25 heavy (non-hydrogen) atoms. The number of aliphatic imine (C=N–C) groups is 1. The molecule has 2 atom stereocenters. The molecule has 0 saturated carbocycles. The van der Waals surface area contributed by atoms with Gasteiger partial charge in [0.25, 0.3) is 0 Å². The van der Waals surface area contributed by atoms with Gasteiger partial charge in [-0.1, -0.05) is 12.1 Å². The fourth-order valence-electron chi connectivity index (χ4n) is 3.69. The molecule has 134 valence electrons. The zero-order valence-corrected chi connectivity index (χ0v) is 13.8. The smallest absolute Gasteiger partial charge is 0.234 e. The average molecular weight is 347 g/mol. The van der Waals surface area contributed by atoms with E-state index < -0.39 is 0 Å². The number of carbonyl (C=O) groups is 1. The van der Waals surface area contributed by atoms with Gasteiger partial charge in [0, 0.05) is 25.2 Å². The number of hydrogen-bond donors (Lipinski definition) is 4. The number of fused-ring (bicyclic) bond motifs is 1. The molecular weight excluding hydrogens is 325 g/mol. The summed E-state index contributed by atoms with van der Waals surface area (Å²) in [6.45, 7) is 2.40. The van der Waals surface area contributed by atoms with Gasteiger partial charge >= 0.3 is 0 Å². The van der Waals surface area contributed by atoms with Crippen LogP contribution in [0.3, 0.4) is 0 Å². The quantitative estimate of drug-likeness (QED) is 0.618. The summed E-state index contributed by atoms with van der Waals surface area (Å²) in [5, 5.41) is 6.05. The Bertz CT molecular complexity index is 672. The highest BCUT2D eigenvalue weighted by molar-refractivity contribution is 6.01. The monoisotopic (exact) mass is 347 g/mol. The summed E-state index contributed by atoms with van der Waals surface area (Å²) in [7, 11) is 0. The molecule has 3 heterocycles. The van der Waals surface area contributed by atoms with E-state index in [2.05, 4.69) is 26.5 Å². The second-order valence-electron chi connectivity index (χ2n) is 6.81. The molecule has 8 heteroatoms. The fourth-order valence-corrected chi connectivity index (χ4v) is 3.69. The van der Waals surface area contributed by atoms with E-state index in [0.29, 0.717) is 32.3 Å². The molecule has 3 aliphatic heterocycles. The molecule has 0 spiro atoms. The van der Waals surface area contributed by atoms with Crippen LogP contribution < -0.4 is 21.5 Å². The first-order valence-corrected chi connectivity index (χ1v) is 8.60. The molecule has 4 rings (SSSR count).